The summed E-state index contributed by atoms with van der Waals surface area (Å²) in [6, 6.07) is 14.2. The minimum atomic E-state index is -3.10. The van der Waals surface area contributed by atoms with E-state index in [1.807, 2.05) is 36.1 Å². The average Bonchev–Trinajstić information content (AvgIpc) is 3.13. The number of ether oxygens (including phenoxy) is 1. The lowest BCUT2D eigenvalue weighted by atomic mass is 10.1. The van der Waals surface area contributed by atoms with Crippen LogP contribution in [0.25, 0.3) is 0 Å². The highest BCUT2D eigenvalue weighted by Crippen LogP contribution is 2.41. The highest BCUT2D eigenvalue weighted by molar-refractivity contribution is 8.16. The van der Waals surface area contributed by atoms with Crippen molar-refractivity contribution in [2.75, 3.05) is 23.0 Å². The molecule has 0 radical (unpaired) electrons. The van der Waals surface area contributed by atoms with E-state index in [2.05, 4.69) is 4.99 Å². The Morgan fingerprint density at radius 2 is 1.93 bits per heavy atom. The van der Waals surface area contributed by atoms with Crippen LogP contribution in [0.15, 0.2) is 53.5 Å². The summed E-state index contributed by atoms with van der Waals surface area (Å²) in [5.41, 5.74) is 1.87. The number of thioether (sulfide) groups is 1. The molecule has 2 heterocycles. The number of benzene rings is 2. The number of anilines is 1. The third-order valence-corrected chi connectivity index (χ3v) is 8.30. The van der Waals surface area contributed by atoms with Gasteiger partial charge in [-0.1, -0.05) is 41.6 Å². The van der Waals surface area contributed by atoms with Crippen molar-refractivity contribution < 1.29 is 17.9 Å². The highest BCUT2D eigenvalue weighted by atomic mass is 35.5. The van der Waals surface area contributed by atoms with Gasteiger partial charge >= 0.3 is 0 Å². The number of fused-ring (bicyclic) bond motifs is 1. The van der Waals surface area contributed by atoms with Crippen LogP contribution in [0.4, 0.5) is 5.69 Å². The second kappa shape index (κ2) is 8.01. The molecule has 6 nitrogen and oxygen atoms in total. The molecule has 2 aliphatic rings. The van der Waals surface area contributed by atoms with Gasteiger partial charge in [-0.05, 0) is 42.8 Å². The Bertz CT molecular complexity index is 1070. The summed E-state index contributed by atoms with van der Waals surface area (Å²) in [4.78, 5) is 18.6. The maximum atomic E-state index is 12.5. The van der Waals surface area contributed by atoms with Gasteiger partial charge in [-0.3, -0.25) is 4.79 Å². The Hall–Kier alpha value is -2.03. The third kappa shape index (κ3) is 4.44. The molecule has 0 saturated carbocycles. The zero-order valence-electron chi connectivity index (χ0n) is 15.6. The van der Waals surface area contributed by atoms with Crippen LogP contribution in [-0.2, 0) is 14.6 Å². The molecule has 0 spiro atoms. The first-order valence-electron chi connectivity index (χ1n) is 9.04. The number of aryl methyl sites for hydroxylation is 1. The lowest BCUT2D eigenvalue weighted by Crippen LogP contribution is -2.38. The highest BCUT2D eigenvalue weighted by Gasteiger charge is 2.49. The van der Waals surface area contributed by atoms with E-state index in [9.17, 15) is 13.2 Å². The number of rotatable bonds is 4. The number of nitrogens with zero attached hydrogens (tertiary/aromatic N) is 2. The van der Waals surface area contributed by atoms with Gasteiger partial charge in [0.05, 0.1) is 17.5 Å². The Morgan fingerprint density at radius 3 is 2.66 bits per heavy atom. The molecule has 9 heteroatoms. The van der Waals surface area contributed by atoms with E-state index in [-0.39, 0.29) is 29.4 Å². The molecule has 2 fully saturated rings. The number of carbonyl (C=O) groups excluding carboxylic acids is 1. The van der Waals surface area contributed by atoms with Crippen molar-refractivity contribution >= 4 is 50.0 Å². The predicted molar refractivity (Wildman–Crippen MR) is 117 cm³/mol. The van der Waals surface area contributed by atoms with Crippen molar-refractivity contribution in [3.05, 3.63) is 59.1 Å². The van der Waals surface area contributed by atoms with Crippen molar-refractivity contribution in [3.8, 4) is 5.75 Å². The molecular weight excluding hydrogens is 432 g/mol. The SMILES string of the molecule is Cc1ccccc1N1C(=NC(=O)COc2ccc(Cl)cc2)S[C@H]2CS(=O)(=O)C[C@@H]21. The Labute approximate surface area is 178 Å². The van der Waals surface area contributed by atoms with E-state index in [0.717, 1.165) is 11.3 Å². The number of hydrogen-bond acceptors (Lipinski definition) is 5. The van der Waals surface area contributed by atoms with Crippen molar-refractivity contribution in [1.29, 1.82) is 0 Å². The van der Waals surface area contributed by atoms with Gasteiger partial charge in [0.15, 0.2) is 21.6 Å². The van der Waals surface area contributed by atoms with Crippen molar-refractivity contribution in [1.82, 2.24) is 0 Å². The van der Waals surface area contributed by atoms with Crippen molar-refractivity contribution in [3.63, 3.8) is 0 Å². The minimum Gasteiger partial charge on any atom is -0.484 e. The second-order valence-electron chi connectivity index (χ2n) is 6.99. The quantitative estimate of drug-likeness (QED) is 0.711. The molecule has 2 saturated heterocycles. The van der Waals surface area contributed by atoms with Gasteiger partial charge in [0.25, 0.3) is 5.91 Å². The van der Waals surface area contributed by atoms with Crippen LogP contribution < -0.4 is 9.64 Å². The topological polar surface area (TPSA) is 76.0 Å². The van der Waals surface area contributed by atoms with E-state index in [4.69, 9.17) is 16.3 Å². The minimum absolute atomic E-state index is 0.0630. The maximum Gasteiger partial charge on any atom is 0.285 e. The summed E-state index contributed by atoms with van der Waals surface area (Å²) < 4.78 is 29.8. The van der Waals surface area contributed by atoms with Crippen LogP contribution in [-0.4, -0.2) is 48.9 Å². The fourth-order valence-electron chi connectivity index (χ4n) is 3.49. The molecule has 0 aliphatic carbocycles. The van der Waals surface area contributed by atoms with Crippen LogP contribution in [0.3, 0.4) is 0 Å². The lowest BCUT2D eigenvalue weighted by molar-refractivity contribution is -0.119. The van der Waals surface area contributed by atoms with E-state index < -0.39 is 15.7 Å². The first-order chi connectivity index (χ1) is 13.8. The summed E-state index contributed by atoms with van der Waals surface area (Å²) >= 11 is 7.20. The molecule has 1 amide bonds. The standard InChI is InChI=1S/C20H19ClN2O4S2/c1-13-4-2-3-5-16(13)23-17-11-29(25,26)12-18(17)28-20(23)22-19(24)10-27-15-8-6-14(21)7-9-15/h2-9,17-18H,10-12H2,1H3/t17-,18-/m0/s1. The molecule has 2 aromatic carbocycles. The van der Waals surface area contributed by atoms with Crippen LogP contribution in [0.5, 0.6) is 5.75 Å². The smallest absolute Gasteiger partial charge is 0.285 e. The van der Waals surface area contributed by atoms with E-state index in [1.165, 1.54) is 11.8 Å². The number of amidine groups is 1. The summed E-state index contributed by atoms with van der Waals surface area (Å²) in [5, 5.41) is 0.971. The molecule has 0 N–H and O–H groups in total. The zero-order valence-corrected chi connectivity index (χ0v) is 18.0. The molecule has 0 aromatic heterocycles. The normalized spacial score (nSPS) is 23.9. The average molecular weight is 451 g/mol. The number of hydrogen-bond donors (Lipinski definition) is 0. The van der Waals surface area contributed by atoms with Gasteiger partial charge in [-0.2, -0.15) is 4.99 Å². The Balaban J connectivity index is 1.57. The molecule has 2 aliphatic heterocycles. The fraction of sp³-hybridized carbons (Fsp3) is 0.300. The molecule has 2 atom stereocenters. The lowest BCUT2D eigenvalue weighted by Gasteiger charge is -2.26. The Morgan fingerprint density at radius 1 is 1.21 bits per heavy atom. The van der Waals surface area contributed by atoms with Gasteiger partial charge in [0.2, 0.25) is 0 Å². The van der Waals surface area contributed by atoms with Crippen LogP contribution in [0.2, 0.25) is 5.02 Å². The van der Waals surface area contributed by atoms with Crippen LogP contribution in [0, 0.1) is 6.92 Å². The summed E-state index contributed by atoms with van der Waals surface area (Å²) in [5.74, 6) is 0.261. The van der Waals surface area contributed by atoms with Gasteiger partial charge < -0.3 is 9.64 Å². The fourth-order valence-corrected chi connectivity index (χ4v) is 7.54. The maximum absolute atomic E-state index is 12.5. The van der Waals surface area contributed by atoms with E-state index in [0.29, 0.717) is 15.9 Å². The number of amides is 1. The molecule has 4 rings (SSSR count). The van der Waals surface area contributed by atoms with Gasteiger partial charge in [0.1, 0.15) is 5.75 Å². The van der Waals surface area contributed by atoms with Gasteiger partial charge in [0, 0.05) is 16.0 Å². The monoisotopic (exact) mass is 450 g/mol. The summed E-state index contributed by atoms with van der Waals surface area (Å²) in [6.07, 6.45) is 0. The molecular formula is C20H19ClN2O4S2. The second-order valence-corrected chi connectivity index (χ2v) is 10.8. The number of halogens is 1. The summed E-state index contributed by atoms with van der Waals surface area (Å²) in [6.45, 7) is 1.75. The van der Waals surface area contributed by atoms with E-state index >= 15 is 0 Å². The first-order valence-corrected chi connectivity index (χ1v) is 12.1. The Kier molecular flexibility index (Phi) is 5.59. The number of para-hydroxylation sites is 1. The third-order valence-electron chi connectivity index (χ3n) is 4.84. The predicted octanol–water partition coefficient (Wildman–Crippen LogP) is 3.33. The zero-order chi connectivity index (χ0) is 20.6. The summed E-state index contributed by atoms with van der Waals surface area (Å²) in [7, 11) is -3.10. The largest absolute Gasteiger partial charge is 0.484 e. The molecule has 0 unspecified atom stereocenters. The number of aliphatic imine (C=N–C) groups is 1. The van der Waals surface area contributed by atoms with Gasteiger partial charge in [-0.15, -0.1) is 0 Å². The van der Waals surface area contributed by atoms with Crippen molar-refractivity contribution in [2.24, 2.45) is 4.99 Å². The molecule has 2 aromatic rings. The molecule has 29 heavy (non-hydrogen) atoms. The molecule has 152 valence electrons. The van der Waals surface area contributed by atoms with E-state index in [1.54, 1.807) is 24.3 Å². The van der Waals surface area contributed by atoms with Crippen LogP contribution in [0.1, 0.15) is 5.56 Å². The number of sulfone groups is 1. The van der Waals surface area contributed by atoms with Gasteiger partial charge in [-0.25, -0.2) is 8.42 Å². The first kappa shape index (κ1) is 20.3. The molecule has 0 bridgehead atoms. The van der Waals surface area contributed by atoms with Crippen LogP contribution >= 0.6 is 23.4 Å². The van der Waals surface area contributed by atoms with Crippen molar-refractivity contribution in [2.45, 2.75) is 18.2 Å². The number of carbonyl (C=O) groups is 1.